The monoisotopic (exact) mass is 236 g/mol. The lowest BCUT2D eigenvalue weighted by atomic mass is 10.5. The lowest BCUT2D eigenvalue weighted by Gasteiger charge is -2.15. The van der Waals surface area contributed by atoms with Gasteiger partial charge in [-0.2, -0.15) is 0 Å². The summed E-state index contributed by atoms with van der Waals surface area (Å²) >= 11 is 4.98. The molecular formula is C9H20O3SSi. The van der Waals surface area contributed by atoms with E-state index >= 15 is 0 Å². The molecule has 0 aromatic rings. The molecule has 0 rings (SSSR count). The number of methoxy groups -OCH3 is 1. The molecule has 5 heteroatoms. The topological polar surface area (TPSA) is 27.7 Å². The molecule has 0 N–H and O–H groups in total. The van der Waals surface area contributed by atoms with Gasteiger partial charge in [-0.3, -0.25) is 0 Å². The van der Waals surface area contributed by atoms with Gasteiger partial charge in [-0.05, 0) is 25.1 Å². The van der Waals surface area contributed by atoms with E-state index in [0.29, 0.717) is 11.1 Å². The fourth-order valence-electron chi connectivity index (χ4n) is 0.884. The summed E-state index contributed by atoms with van der Waals surface area (Å²) in [5.74, 6) is 0. The van der Waals surface area contributed by atoms with Crippen LogP contribution in [0, 0.1) is 0 Å². The Bertz CT molecular complexity index is 147. The second-order valence-electron chi connectivity index (χ2n) is 2.95. The van der Waals surface area contributed by atoms with Crippen LogP contribution in [0.25, 0.3) is 0 Å². The molecule has 0 aromatic carbocycles. The molecule has 0 saturated carbocycles. The van der Waals surface area contributed by atoms with E-state index in [-0.39, 0.29) is 0 Å². The summed E-state index contributed by atoms with van der Waals surface area (Å²) < 4.78 is 16.2. The Labute approximate surface area is 93.6 Å². The number of hydrogen-bond donors (Lipinski definition) is 0. The number of thiocarbonyl (C=S) groups is 1. The molecule has 0 heterocycles. The zero-order valence-corrected chi connectivity index (χ0v) is 11.2. The third kappa shape index (κ3) is 7.43. The van der Waals surface area contributed by atoms with Crippen LogP contribution >= 0.6 is 12.2 Å². The van der Waals surface area contributed by atoms with Crippen molar-refractivity contribution in [3.05, 3.63) is 0 Å². The van der Waals surface area contributed by atoms with Gasteiger partial charge in [0.05, 0.1) is 13.2 Å². The number of rotatable bonds is 8. The standard InChI is InChI=1S/C9H20O3SSi/c1-4-6-11-14(12-7-5-2)8-9(13)10-3/h14H,4-8H2,1-3H3. The van der Waals surface area contributed by atoms with Crippen molar-refractivity contribution in [3.8, 4) is 0 Å². The summed E-state index contributed by atoms with van der Waals surface area (Å²) in [6.07, 6.45) is 2.03. The molecule has 14 heavy (non-hydrogen) atoms. The van der Waals surface area contributed by atoms with E-state index in [9.17, 15) is 0 Å². The summed E-state index contributed by atoms with van der Waals surface area (Å²) in [5.41, 5.74) is 0. The third-order valence-corrected chi connectivity index (χ3v) is 4.13. The van der Waals surface area contributed by atoms with Gasteiger partial charge in [-0.25, -0.2) is 0 Å². The van der Waals surface area contributed by atoms with Gasteiger partial charge in [0, 0.05) is 13.2 Å². The van der Waals surface area contributed by atoms with Gasteiger partial charge in [0.1, 0.15) is 0 Å². The number of hydrogen-bond acceptors (Lipinski definition) is 4. The van der Waals surface area contributed by atoms with Crippen molar-refractivity contribution < 1.29 is 13.6 Å². The first kappa shape index (κ1) is 14.0. The SMILES string of the molecule is CCCO[SiH](CC(=S)OC)OCCC. The number of ether oxygens (including phenoxy) is 1. The fourth-order valence-corrected chi connectivity index (χ4v) is 3.06. The van der Waals surface area contributed by atoms with Crippen LogP contribution < -0.4 is 0 Å². The fraction of sp³-hybridized carbons (Fsp3) is 0.889. The maximum atomic E-state index is 5.62. The van der Waals surface area contributed by atoms with Crippen molar-refractivity contribution in [2.75, 3.05) is 20.3 Å². The predicted molar refractivity (Wildman–Crippen MR) is 64.0 cm³/mol. The van der Waals surface area contributed by atoms with Crippen molar-refractivity contribution in [1.82, 2.24) is 0 Å². The van der Waals surface area contributed by atoms with E-state index in [1.165, 1.54) is 0 Å². The largest absolute Gasteiger partial charge is 0.490 e. The molecule has 84 valence electrons. The highest BCUT2D eigenvalue weighted by molar-refractivity contribution is 7.80. The minimum Gasteiger partial charge on any atom is -0.490 e. The van der Waals surface area contributed by atoms with Crippen LogP contribution in [0.2, 0.25) is 6.04 Å². The first-order valence-corrected chi connectivity index (χ1v) is 7.21. The minimum absolute atomic E-state index is 0.592. The van der Waals surface area contributed by atoms with Crippen LogP contribution in [0.1, 0.15) is 26.7 Å². The highest BCUT2D eigenvalue weighted by Crippen LogP contribution is 2.02. The molecule has 0 aliphatic carbocycles. The van der Waals surface area contributed by atoms with Gasteiger partial charge in [0.15, 0.2) is 5.05 Å². The lowest BCUT2D eigenvalue weighted by Crippen LogP contribution is -2.26. The Balaban J connectivity index is 3.77. The molecule has 0 bridgehead atoms. The molecule has 0 radical (unpaired) electrons. The quantitative estimate of drug-likeness (QED) is 0.476. The highest BCUT2D eigenvalue weighted by atomic mass is 32.1. The summed E-state index contributed by atoms with van der Waals surface area (Å²) in [4.78, 5) is 0. The maximum Gasteiger partial charge on any atom is 0.330 e. The highest BCUT2D eigenvalue weighted by Gasteiger charge is 2.15. The molecule has 0 aliphatic rings. The summed E-state index contributed by atoms with van der Waals surface area (Å²) in [6.45, 7) is 5.68. The Kier molecular flexibility index (Phi) is 9.60. The van der Waals surface area contributed by atoms with Gasteiger partial charge in [-0.15, -0.1) is 0 Å². The third-order valence-electron chi connectivity index (χ3n) is 1.58. The van der Waals surface area contributed by atoms with E-state index in [1.54, 1.807) is 7.11 Å². The van der Waals surface area contributed by atoms with Gasteiger partial charge < -0.3 is 13.6 Å². The van der Waals surface area contributed by atoms with E-state index in [1.807, 2.05) is 0 Å². The molecule has 0 fully saturated rings. The Hall–Kier alpha value is 0.0269. The Morgan fingerprint density at radius 1 is 1.14 bits per heavy atom. The zero-order valence-electron chi connectivity index (χ0n) is 9.25. The van der Waals surface area contributed by atoms with Crippen LogP contribution in [0.15, 0.2) is 0 Å². The van der Waals surface area contributed by atoms with Crippen LogP contribution in [0.5, 0.6) is 0 Å². The Morgan fingerprint density at radius 3 is 2.00 bits per heavy atom. The molecule has 0 amide bonds. The minimum atomic E-state index is -1.61. The molecule has 0 atom stereocenters. The van der Waals surface area contributed by atoms with Crippen LogP contribution in [0.4, 0.5) is 0 Å². The van der Waals surface area contributed by atoms with E-state index in [0.717, 1.165) is 26.1 Å². The first-order chi connectivity index (χ1) is 6.74. The predicted octanol–water partition coefficient (Wildman–Crippen LogP) is 2.03. The van der Waals surface area contributed by atoms with Crippen molar-refractivity contribution >= 4 is 26.6 Å². The van der Waals surface area contributed by atoms with Crippen LogP contribution in [-0.4, -0.2) is 34.7 Å². The van der Waals surface area contributed by atoms with Crippen LogP contribution in [0.3, 0.4) is 0 Å². The molecule has 0 unspecified atom stereocenters. The average Bonchev–Trinajstić information content (AvgIpc) is 2.21. The summed E-state index contributed by atoms with van der Waals surface area (Å²) in [5, 5.41) is 0.592. The molecule has 3 nitrogen and oxygen atoms in total. The molecule has 0 spiro atoms. The van der Waals surface area contributed by atoms with Gasteiger partial charge >= 0.3 is 9.28 Å². The Morgan fingerprint density at radius 2 is 1.64 bits per heavy atom. The van der Waals surface area contributed by atoms with Gasteiger partial charge in [-0.1, -0.05) is 13.8 Å². The normalized spacial score (nSPS) is 10.6. The second kappa shape index (κ2) is 9.58. The van der Waals surface area contributed by atoms with E-state index in [4.69, 9.17) is 25.8 Å². The van der Waals surface area contributed by atoms with Crippen LogP contribution in [-0.2, 0) is 13.6 Å². The summed E-state index contributed by atoms with van der Waals surface area (Å²) in [6, 6.07) is 0.672. The lowest BCUT2D eigenvalue weighted by molar-refractivity contribution is 0.198. The molecule has 0 saturated heterocycles. The van der Waals surface area contributed by atoms with Crippen molar-refractivity contribution in [2.45, 2.75) is 32.7 Å². The second-order valence-corrected chi connectivity index (χ2v) is 5.34. The van der Waals surface area contributed by atoms with Gasteiger partial charge in [0.2, 0.25) is 0 Å². The molecule has 0 aromatic heterocycles. The van der Waals surface area contributed by atoms with Crippen molar-refractivity contribution in [3.63, 3.8) is 0 Å². The summed E-state index contributed by atoms with van der Waals surface area (Å²) in [7, 11) is -0.0201. The molecule has 0 aliphatic heterocycles. The van der Waals surface area contributed by atoms with Crippen molar-refractivity contribution in [1.29, 1.82) is 0 Å². The van der Waals surface area contributed by atoms with Gasteiger partial charge in [0.25, 0.3) is 0 Å². The zero-order chi connectivity index (χ0) is 10.8. The average molecular weight is 236 g/mol. The smallest absolute Gasteiger partial charge is 0.330 e. The van der Waals surface area contributed by atoms with Crippen molar-refractivity contribution in [2.24, 2.45) is 0 Å². The first-order valence-electron chi connectivity index (χ1n) is 5.04. The maximum absolute atomic E-state index is 5.62. The van der Waals surface area contributed by atoms with E-state index in [2.05, 4.69) is 13.8 Å². The van der Waals surface area contributed by atoms with E-state index < -0.39 is 9.28 Å². The molecular weight excluding hydrogens is 216 g/mol.